The number of para-hydroxylation sites is 1. The molecule has 3 aromatic rings. The van der Waals surface area contributed by atoms with Crippen LogP contribution in [0.1, 0.15) is 15.2 Å². The molecule has 0 radical (unpaired) electrons. The average Bonchev–Trinajstić information content (AvgIpc) is 3.23. The number of esters is 1. The van der Waals surface area contributed by atoms with Gasteiger partial charge in [-0.05, 0) is 36.5 Å². The molecule has 7 nitrogen and oxygen atoms in total. The molecule has 0 saturated heterocycles. The molecule has 4 rings (SSSR count). The number of benzene rings is 1. The van der Waals surface area contributed by atoms with Gasteiger partial charge in [0.2, 0.25) is 11.7 Å². The zero-order valence-corrected chi connectivity index (χ0v) is 17.4. The average molecular weight is 431 g/mol. The van der Waals surface area contributed by atoms with E-state index in [-0.39, 0.29) is 22.6 Å². The van der Waals surface area contributed by atoms with E-state index in [1.807, 2.05) is 0 Å². The van der Waals surface area contributed by atoms with Crippen LogP contribution in [0, 0.1) is 3.95 Å². The minimum atomic E-state index is -0.757. The summed E-state index contributed by atoms with van der Waals surface area (Å²) in [6, 6.07) is 9.66. The molecule has 0 atom stereocenters. The van der Waals surface area contributed by atoms with Gasteiger partial charge in [0, 0.05) is 27.3 Å². The van der Waals surface area contributed by atoms with E-state index in [2.05, 4.69) is 4.74 Å². The molecule has 150 valence electrons. The van der Waals surface area contributed by atoms with E-state index in [4.69, 9.17) is 21.4 Å². The summed E-state index contributed by atoms with van der Waals surface area (Å²) in [5.74, 6) is -0.949. The molecule has 0 saturated carbocycles. The van der Waals surface area contributed by atoms with Crippen LogP contribution in [0.5, 0.6) is 11.6 Å². The van der Waals surface area contributed by atoms with E-state index in [1.165, 1.54) is 22.0 Å². The predicted molar refractivity (Wildman–Crippen MR) is 110 cm³/mol. The minimum absolute atomic E-state index is 0.0210. The van der Waals surface area contributed by atoms with Crippen molar-refractivity contribution in [3.63, 3.8) is 0 Å². The maximum absolute atomic E-state index is 12.6. The zero-order chi connectivity index (χ0) is 21.1. The lowest BCUT2D eigenvalue weighted by molar-refractivity contribution is -0.128. The highest BCUT2D eigenvalue weighted by Gasteiger charge is 2.32. The summed E-state index contributed by atoms with van der Waals surface area (Å²) in [5, 5.41) is 10.0. The molecule has 0 unspecified atom stereocenters. The van der Waals surface area contributed by atoms with Gasteiger partial charge in [-0.15, -0.1) is 11.3 Å². The van der Waals surface area contributed by atoms with Gasteiger partial charge in [0.1, 0.15) is 16.6 Å². The summed E-state index contributed by atoms with van der Waals surface area (Å²) in [4.78, 5) is 25.4. The molecule has 1 aromatic carbocycles. The van der Waals surface area contributed by atoms with Gasteiger partial charge in [-0.25, -0.2) is 4.79 Å². The number of aromatic nitrogens is 1. The molecular formula is C20H17NO6S2. The number of hydrogen-bond donors (Lipinski definition) is 1. The number of methoxy groups -OCH3 is 1. The third-order valence-corrected chi connectivity index (χ3v) is 5.41. The number of ketones is 1. The molecule has 0 aliphatic carbocycles. The second kappa shape index (κ2) is 8.56. The number of fused-ring (bicyclic) bond motifs is 1. The van der Waals surface area contributed by atoms with Crippen LogP contribution in [-0.2, 0) is 16.6 Å². The van der Waals surface area contributed by atoms with Crippen molar-refractivity contribution in [2.24, 2.45) is 7.05 Å². The number of hydrogen-bond acceptors (Lipinski definition) is 8. The number of ether oxygens (including phenoxy) is 2. The number of nitrogens with zero attached hydrogens (tertiary/aromatic N) is 1. The Hall–Kier alpha value is -3.01. The second-order valence-electron chi connectivity index (χ2n) is 5.96. The standard InChI is InChI=1S/C18H11NO5S2.C2H6O/c1-19-16(21)13(26-18(19)25)8-9-6-7-12(23-9)14-15(20)10-4-2-3-5-11(10)24-17(14)22;1-3-2/h2-8,21H,1H3;1-2H3. The van der Waals surface area contributed by atoms with Crippen LogP contribution in [0.3, 0.4) is 0 Å². The van der Waals surface area contributed by atoms with Crippen molar-refractivity contribution in [2.75, 3.05) is 14.2 Å². The number of carbonyl (C=O) groups is 2. The lowest BCUT2D eigenvalue weighted by atomic mass is 10.00. The molecule has 0 amide bonds. The highest BCUT2D eigenvalue weighted by Crippen LogP contribution is 2.27. The number of furan rings is 1. The zero-order valence-electron chi connectivity index (χ0n) is 15.8. The predicted octanol–water partition coefficient (Wildman–Crippen LogP) is 2.16. The Bertz CT molecular complexity index is 1260. The summed E-state index contributed by atoms with van der Waals surface area (Å²) in [6.45, 7) is 0. The van der Waals surface area contributed by atoms with Crippen LogP contribution < -0.4 is 15.6 Å². The molecule has 9 heteroatoms. The van der Waals surface area contributed by atoms with Crippen molar-refractivity contribution < 1.29 is 28.6 Å². The van der Waals surface area contributed by atoms with E-state index in [9.17, 15) is 14.7 Å². The van der Waals surface area contributed by atoms with E-state index in [1.54, 1.807) is 57.7 Å². The number of carbonyl (C=O) groups excluding carboxylic acids is 2. The fourth-order valence-electron chi connectivity index (χ4n) is 2.58. The highest BCUT2D eigenvalue weighted by molar-refractivity contribution is 7.73. The fraction of sp³-hybridized carbons (Fsp3) is 0.150. The van der Waals surface area contributed by atoms with E-state index in [0.717, 1.165) is 0 Å². The van der Waals surface area contributed by atoms with Crippen LogP contribution in [0.2, 0.25) is 0 Å². The molecule has 3 heterocycles. The van der Waals surface area contributed by atoms with E-state index >= 15 is 0 Å². The minimum Gasteiger partial charge on any atom is -0.493 e. The Morgan fingerprint density at radius 2 is 1.86 bits per heavy atom. The van der Waals surface area contributed by atoms with Gasteiger partial charge in [0.15, 0.2) is 9.53 Å². The highest BCUT2D eigenvalue weighted by atomic mass is 32.1. The molecule has 0 fully saturated rings. The Morgan fingerprint density at radius 3 is 2.52 bits per heavy atom. The van der Waals surface area contributed by atoms with Crippen molar-refractivity contribution in [1.29, 1.82) is 0 Å². The SMILES string of the molecule is COC.Cn1c(O)c(C=c2ccc(=C3C(=O)Oc4ccccc4C3=O)o2)sc1=S. The van der Waals surface area contributed by atoms with Crippen molar-refractivity contribution >= 4 is 47.0 Å². The Balaban J connectivity index is 0.000000755. The van der Waals surface area contributed by atoms with Crippen LogP contribution in [0.4, 0.5) is 0 Å². The van der Waals surface area contributed by atoms with E-state index < -0.39 is 11.8 Å². The van der Waals surface area contributed by atoms with Gasteiger partial charge >= 0.3 is 5.97 Å². The Morgan fingerprint density at radius 1 is 1.17 bits per heavy atom. The van der Waals surface area contributed by atoms with Crippen LogP contribution in [0.25, 0.3) is 11.6 Å². The van der Waals surface area contributed by atoms with Crippen molar-refractivity contribution in [1.82, 2.24) is 4.57 Å². The lowest BCUT2D eigenvalue weighted by Gasteiger charge is -2.15. The number of thiazole rings is 1. The van der Waals surface area contributed by atoms with Crippen LogP contribution >= 0.6 is 23.6 Å². The van der Waals surface area contributed by atoms with Gasteiger partial charge in [0.25, 0.3) is 0 Å². The molecule has 0 bridgehead atoms. The molecule has 29 heavy (non-hydrogen) atoms. The van der Waals surface area contributed by atoms with Crippen molar-refractivity contribution in [3.05, 3.63) is 61.6 Å². The van der Waals surface area contributed by atoms with E-state index in [0.29, 0.717) is 19.8 Å². The molecule has 1 aliphatic rings. The topological polar surface area (TPSA) is 90.9 Å². The summed E-state index contributed by atoms with van der Waals surface area (Å²) in [6.07, 6.45) is 1.59. The van der Waals surface area contributed by atoms with Gasteiger partial charge < -0.3 is 19.0 Å². The maximum atomic E-state index is 12.6. The first-order valence-corrected chi connectivity index (χ1v) is 9.56. The second-order valence-corrected chi connectivity index (χ2v) is 7.64. The molecule has 0 spiro atoms. The van der Waals surface area contributed by atoms with Crippen LogP contribution in [0.15, 0.2) is 40.8 Å². The largest absolute Gasteiger partial charge is 0.493 e. The van der Waals surface area contributed by atoms with Gasteiger partial charge in [-0.1, -0.05) is 12.1 Å². The first-order chi connectivity index (χ1) is 13.9. The molecule has 1 N–H and O–H groups in total. The number of rotatable bonds is 1. The first-order valence-electron chi connectivity index (χ1n) is 8.34. The lowest BCUT2D eigenvalue weighted by Crippen LogP contribution is -2.29. The third-order valence-electron chi connectivity index (χ3n) is 3.92. The maximum Gasteiger partial charge on any atom is 0.351 e. The first kappa shape index (κ1) is 20.7. The quantitative estimate of drug-likeness (QED) is 0.359. The number of aromatic hydroxyl groups is 1. The summed E-state index contributed by atoms with van der Waals surface area (Å²) >= 11 is 6.33. The van der Waals surface area contributed by atoms with Crippen molar-refractivity contribution in [3.8, 4) is 11.6 Å². The number of Topliss-reactive ketones (excluding diaryl/α,β-unsaturated/α-hetero) is 1. The molecular weight excluding hydrogens is 414 g/mol. The van der Waals surface area contributed by atoms with Crippen molar-refractivity contribution in [2.45, 2.75) is 0 Å². The third kappa shape index (κ3) is 4.07. The Kier molecular flexibility index (Phi) is 6.12. The summed E-state index contributed by atoms with van der Waals surface area (Å²) in [7, 11) is 4.91. The Labute approximate surface area is 174 Å². The summed E-state index contributed by atoms with van der Waals surface area (Å²) in [5.41, 5.74) is 0.634. The molecule has 1 aliphatic heterocycles. The normalized spacial score (nSPS) is 15.5. The smallest absolute Gasteiger partial charge is 0.351 e. The van der Waals surface area contributed by atoms with Gasteiger partial charge in [-0.3, -0.25) is 9.36 Å². The monoisotopic (exact) mass is 431 g/mol. The van der Waals surface area contributed by atoms with Gasteiger partial charge in [-0.2, -0.15) is 0 Å². The fourth-order valence-corrected chi connectivity index (χ4v) is 3.75. The van der Waals surface area contributed by atoms with Gasteiger partial charge in [0.05, 0.1) is 10.4 Å². The summed E-state index contributed by atoms with van der Waals surface area (Å²) < 4.78 is 17.1. The van der Waals surface area contributed by atoms with Crippen LogP contribution in [-0.4, -0.2) is 35.6 Å². The molecule has 2 aromatic heterocycles.